The first-order valence-electron chi connectivity index (χ1n) is 6.75. The van der Waals surface area contributed by atoms with Crippen LogP contribution in [0.5, 0.6) is 0 Å². The van der Waals surface area contributed by atoms with Crippen LogP contribution < -0.4 is 11.5 Å². The van der Waals surface area contributed by atoms with E-state index >= 15 is 0 Å². The van der Waals surface area contributed by atoms with E-state index in [9.17, 15) is 0 Å². The summed E-state index contributed by atoms with van der Waals surface area (Å²) in [5, 5.41) is 0. The van der Waals surface area contributed by atoms with Crippen molar-refractivity contribution in [2.45, 2.75) is 69.9 Å². The van der Waals surface area contributed by atoms with E-state index in [4.69, 9.17) is 11.5 Å². The third kappa shape index (κ3) is 3.46. The first kappa shape index (κ1) is 11.4. The lowest BCUT2D eigenvalue weighted by atomic mass is 9.76. The summed E-state index contributed by atoms with van der Waals surface area (Å²) in [6, 6.07) is 1.00. The molecule has 0 aromatic rings. The number of hydrogen-bond acceptors (Lipinski definition) is 2. The molecule has 0 aromatic carbocycles. The lowest BCUT2D eigenvalue weighted by Gasteiger charge is -2.32. The van der Waals surface area contributed by atoms with Crippen LogP contribution in [-0.2, 0) is 0 Å². The zero-order chi connectivity index (χ0) is 10.7. The quantitative estimate of drug-likeness (QED) is 0.735. The minimum atomic E-state index is 0.501. The molecule has 0 heterocycles. The fourth-order valence-corrected chi connectivity index (χ4v) is 3.32. The summed E-state index contributed by atoms with van der Waals surface area (Å²) >= 11 is 0. The van der Waals surface area contributed by atoms with Gasteiger partial charge in [0.15, 0.2) is 0 Å². The van der Waals surface area contributed by atoms with E-state index in [0.29, 0.717) is 12.1 Å². The molecule has 0 radical (unpaired) electrons. The monoisotopic (exact) mass is 210 g/mol. The third-order valence-electron chi connectivity index (χ3n) is 4.45. The Morgan fingerprint density at radius 1 is 0.600 bits per heavy atom. The second-order valence-electron chi connectivity index (χ2n) is 5.80. The second-order valence-corrected chi connectivity index (χ2v) is 5.80. The maximum atomic E-state index is 5.93. The van der Waals surface area contributed by atoms with Crippen molar-refractivity contribution in [3.05, 3.63) is 0 Å². The van der Waals surface area contributed by atoms with Gasteiger partial charge in [-0.3, -0.25) is 0 Å². The molecule has 0 atom stereocenters. The lowest BCUT2D eigenvalue weighted by molar-refractivity contribution is 0.225. The molecule has 2 heteroatoms. The van der Waals surface area contributed by atoms with Crippen molar-refractivity contribution in [2.24, 2.45) is 23.3 Å². The SMILES string of the molecule is NC1CCC(C[C@H]2CC[C@H](N)CC2)CC1. The van der Waals surface area contributed by atoms with Gasteiger partial charge >= 0.3 is 0 Å². The normalized spacial score (nSPS) is 42.8. The number of rotatable bonds is 2. The summed E-state index contributed by atoms with van der Waals surface area (Å²) in [5.74, 6) is 1.95. The lowest BCUT2D eigenvalue weighted by Crippen LogP contribution is -2.30. The Labute approximate surface area is 93.8 Å². The first-order valence-corrected chi connectivity index (χ1v) is 6.75. The molecule has 0 aliphatic heterocycles. The largest absolute Gasteiger partial charge is 0.328 e. The Bertz CT molecular complexity index is 157. The van der Waals surface area contributed by atoms with Gasteiger partial charge in [0.1, 0.15) is 0 Å². The molecule has 2 aliphatic rings. The molecular formula is C13H26N2. The number of hydrogen-bond donors (Lipinski definition) is 2. The van der Waals surface area contributed by atoms with Gasteiger partial charge in [0.25, 0.3) is 0 Å². The summed E-state index contributed by atoms with van der Waals surface area (Å²) in [7, 11) is 0. The van der Waals surface area contributed by atoms with Crippen LogP contribution in [0.4, 0.5) is 0 Å². The maximum absolute atomic E-state index is 5.93. The molecule has 0 spiro atoms. The molecule has 0 saturated heterocycles. The van der Waals surface area contributed by atoms with Gasteiger partial charge in [0, 0.05) is 12.1 Å². The third-order valence-corrected chi connectivity index (χ3v) is 4.45. The Morgan fingerprint density at radius 3 is 1.27 bits per heavy atom. The van der Waals surface area contributed by atoms with Crippen molar-refractivity contribution in [2.75, 3.05) is 0 Å². The molecule has 0 amide bonds. The van der Waals surface area contributed by atoms with Crippen molar-refractivity contribution in [3.8, 4) is 0 Å². The molecule has 0 unspecified atom stereocenters. The van der Waals surface area contributed by atoms with E-state index in [1.165, 1.54) is 57.8 Å². The van der Waals surface area contributed by atoms with Crippen LogP contribution in [0.3, 0.4) is 0 Å². The Balaban J connectivity index is 1.68. The van der Waals surface area contributed by atoms with Gasteiger partial charge in [-0.15, -0.1) is 0 Å². The first-order chi connectivity index (χ1) is 7.24. The molecule has 0 bridgehead atoms. The molecule has 15 heavy (non-hydrogen) atoms. The Morgan fingerprint density at radius 2 is 0.933 bits per heavy atom. The van der Waals surface area contributed by atoms with E-state index in [2.05, 4.69) is 0 Å². The Hall–Kier alpha value is -0.0800. The highest BCUT2D eigenvalue weighted by atomic mass is 14.6. The van der Waals surface area contributed by atoms with Gasteiger partial charge in [-0.05, 0) is 69.6 Å². The van der Waals surface area contributed by atoms with Crippen molar-refractivity contribution >= 4 is 0 Å². The average molecular weight is 210 g/mol. The predicted molar refractivity (Wildman–Crippen MR) is 64.5 cm³/mol. The van der Waals surface area contributed by atoms with Crippen LogP contribution in [0.1, 0.15) is 57.8 Å². The van der Waals surface area contributed by atoms with Crippen molar-refractivity contribution in [1.29, 1.82) is 0 Å². The molecule has 88 valence electrons. The van der Waals surface area contributed by atoms with Gasteiger partial charge in [-0.25, -0.2) is 0 Å². The van der Waals surface area contributed by atoms with Crippen LogP contribution >= 0.6 is 0 Å². The molecular weight excluding hydrogens is 184 g/mol. The fraction of sp³-hybridized carbons (Fsp3) is 1.00. The number of nitrogens with two attached hydrogens (primary N) is 2. The summed E-state index contributed by atoms with van der Waals surface area (Å²) in [6.45, 7) is 0. The molecule has 4 N–H and O–H groups in total. The summed E-state index contributed by atoms with van der Waals surface area (Å²) in [5.41, 5.74) is 11.9. The molecule has 2 aliphatic carbocycles. The van der Waals surface area contributed by atoms with Crippen molar-refractivity contribution < 1.29 is 0 Å². The summed E-state index contributed by atoms with van der Waals surface area (Å²) < 4.78 is 0. The van der Waals surface area contributed by atoms with Crippen LogP contribution in [0.2, 0.25) is 0 Å². The van der Waals surface area contributed by atoms with E-state index < -0.39 is 0 Å². The molecule has 2 fully saturated rings. The Kier molecular flexibility index (Phi) is 4.04. The van der Waals surface area contributed by atoms with Crippen LogP contribution in [-0.4, -0.2) is 12.1 Å². The fourth-order valence-electron chi connectivity index (χ4n) is 3.32. The average Bonchev–Trinajstić information content (AvgIpc) is 2.25. The van der Waals surface area contributed by atoms with E-state index in [-0.39, 0.29) is 0 Å². The van der Waals surface area contributed by atoms with Crippen molar-refractivity contribution in [3.63, 3.8) is 0 Å². The summed E-state index contributed by atoms with van der Waals surface area (Å²) in [4.78, 5) is 0. The topological polar surface area (TPSA) is 52.0 Å². The second kappa shape index (κ2) is 5.31. The zero-order valence-corrected chi connectivity index (χ0v) is 9.83. The van der Waals surface area contributed by atoms with Crippen LogP contribution in [0, 0.1) is 11.8 Å². The highest BCUT2D eigenvalue weighted by molar-refractivity contribution is 4.80. The van der Waals surface area contributed by atoms with Crippen molar-refractivity contribution in [1.82, 2.24) is 0 Å². The van der Waals surface area contributed by atoms with Gasteiger partial charge in [0.05, 0.1) is 0 Å². The summed E-state index contributed by atoms with van der Waals surface area (Å²) in [6.07, 6.45) is 12.0. The zero-order valence-electron chi connectivity index (χ0n) is 9.83. The van der Waals surface area contributed by atoms with E-state index in [1.807, 2.05) is 0 Å². The highest BCUT2D eigenvalue weighted by Gasteiger charge is 2.24. The van der Waals surface area contributed by atoms with Gasteiger partial charge in [-0.2, -0.15) is 0 Å². The molecule has 2 rings (SSSR count). The van der Waals surface area contributed by atoms with E-state index in [1.54, 1.807) is 0 Å². The standard InChI is InChI=1S/C13H26N2/c14-12-5-1-10(2-6-12)9-11-3-7-13(15)8-4-11/h10-13H,1-9,14-15H2/t10-,11?,12-,13?. The molecule has 2 nitrogen and oxygen atoms in total. The smallest absolute Gasteiger partial charge is 0.00390 e. The maximum Gasteiger partial charge on any atom is 0.00390 e. The van der Waals surface area contributed by atoms with Gasteiger partial charge in [-0.1, -0.05) is 0 Å². The van der Waals surface area contributed by atoms with Crippen LogP contribution in [0.25, 0.3) is 0 Å². The van der Waals surface area contributed by atoms with Gasteiger partial charge in [0.2, 0.25) is 0 Å². The minimum Gasteiger partial charge on any atom is -0.328 e. The molecule has 0 aromatic heterocycles. The minimum absolute atomic E-state index is 0.501. The highest BCUT2D eigenvalue weighted by Crippen LogP contribution is 2.34. The van der Waals surface area contributed by atoms with Crippen LogP contribution in [0.15, 0.2) is 0 Å². The molecule has 2 saturated carbocycles. The predicted octanol–water partition coefficient (Wildman–Crippen LogP) is 2.41. The van der Waals surface area contributed by atoms with E-state index in [0.717, 1.165) is 11.8 Å². The van der Waals surface area contributed by atoms with Gasteiger partial charge < -0.3 is 11.5 Å².